The molecule has 1 aromatic heterocycles. The molecule has 24 heavy (non-hydrogen) atoms. The fraction of sp³-hybridized carbons (Fsp3) is 0.312. The van der Waals surface area contributed by atoms with Gasteiger partial charge in [-0.25, -0.2) is 13.2 Å². The number of sulfonamides is 1. The van der Waals surface area contributed by atoms with Gasteiger partial charge in [-0.05, 0) is 60.1 Å². The van der Waals surface area contributed by atoms with Crippen LogP contribution in [0.1, 0.15) is 28.8 Å². The molecule has 0 bridgehead atoms. The van der Waals surface area contributed by atoms with Crippen LogP contribution < -0.4 is 0 Å². The number of halogens is 1. The zero-order valence-corrected chi connectivity index (χ0v) is 16.0. The van der Waals surface area contributed by atoms with Crippen LogP contribution >= 0.6 is 15.9 Å². The number of ether oxygens (including phenoxy) is 1. The fourth-order valence-corrected chi connectivity index (χ4v) is 4.26. The second-order valence-electron chi connectivity index (χ2n) is 5.14. The summed E-state index contributed by atoms with van der Waals surface area (Å²) in [6, 6.07) is 7.77. The summed E-state index contributed by atoms with van der Waals surface area (Å²) in [6.45, 7) is 3.86. The van der Waals surface area contributed by atoms with E-state index in [0.29, 0.717) is 10.2 Å². The molecule has 6 nitrogen and oxygen atoms in total. The molecule has 0 N–H and O–H groups in total. The summed E-state index contributed by atoms with van der Waals surface area (Å²) in [5.41, 5.74) is 0.284. The van der Waals surface area contributed by atoms with Crippen molar-refractivity contribution in [3.8, 4) is 0 Å². The number of aryl methyl sites for hydroxylation is 1. The molecule has 0 radical (unpaired) electrons. The molecule has 1 heterocycles. The van der Waals surface area contributed by atoms with Crippen molar-refractivity contribution in [3.63, 3.8) is 0 Å². The first-order chi connectivity index (χ1) is 11.3. The Morgan fingerprint density at radius 1 is 1.29 bits per heavy atom. The van der Waals surface area contributed by atoms with Gasteiger partial charge >= 0.3 is 5.97 Å². The number of benzene rings is 1. The van der Waals surface area contributed by atoms with Crippen molar-refractivity contribution < 1.29 is 22.4 Å². The van der Waals surface area contributed by atoms with Crippen LogP contribution in [0.3, 0.4) is 0 Å². The first-order valence-electron chi connectivity index (χ1n) is 7.24. The summed E-state index contributed by atoms with van der Waals surface area (Å²) >= 11 is 3.22. The van der Waals surface area contributed by atoms with Gasteiger partial charge in [-0.15, -0.1) is 0 Å². The molecule has 0 aliphatic rings. The van der Waals surface area contributed by atoms with Crippen LogP contribution in [0.25, 0.3) is 0 Å². The second-order valence-corrected chi connectivity index (χ2v) is 8.01. The number of carbonyl (C=O) groups excluding carboxylic acids is 1. The summed E-state index contributed by atoms with van der Waals surface area (Å²) in [5, 5.41) is 0. The largest absolute Gasteiger partial charge is 0.465 e. The van der Waals surface area contributed by atoms with Gasteiger partial charge in [0, 0.05) is 11.5 Å². The van der Waals surface area contributed by atoms with Crippen LogP contribution in [-0.4, -0.2) is 32.3 Å². The third-order valence-corrected chi connectivity index (χ3v) is 6.09. The van der Waals surface area contributed by atoms with Crippen molar-refractivity contribution in [1.82, 2.24) is 4.31 Å². The molecule has 2 aromatic rings. The van der Waals surface area contributed by atoms with E-state index in [0.717, 1.165) is 5.76 Å². The smallest absolute Gasteiger partial charge is 0.338 e. The van der Waals surface area contributed by atoms with Crippen molar-refractivity contribution in [3.05, 3.63) is 51.9 Å². The molecule has 1 aromatic carbocycles. The van der Waals surface area contributed by atoms with Crippen LogP contribution in [0.15, 0.2) is 44.1 Å². The zero-order chi connectivity index (χ0) is 17.9. The van der Waals surface area contributed by atoms with E-state index < -0.39 is 16.0 Å². The maximum Gasteiger partial charge on any atom is 0.338 e. The molecule has 0 unspecified atom stereocenters. The number of esters is 1. The van der Waals surface area contributed by atoms with Crippen LogP contribution in [0.5, 0.6) is 0 Å². The standard InChI is InChI=1S/C16H18BrNO5S/c1-4-22-16(19)12-6-8-15(14(17)9-12)24(20,21)18(3)10-13-7-5-11(2)23-13/h5-9H,4,10H2,1-3H3. The van der Waals surface area contributed by atoms with Gasteiger partial charge in [0.05, 0.1) is 23.6 Å². The van der Waals surface area contributed by atoms with E-state index >= 15 is 0 Å². The fourth-order valence-electron chi connectivity index (χ4n) is 2.09. The van der Waals surface area contributed by atoms with Crippen LogP contribution in [0.4, 0.5) is 0 Å². The van der Waals surface area contributed by atoms with Gasteiger partial charge in [-0.2, -0.15) is 4.31 Å². The highest BCUT2D eigenvalue weighted by Crippen LogP contribution is 2.27. The van der Waals surface area contributed by atoms with E-state index in [4.69, 9.17) is 9.15 Å². The Balaban J connectivity index is 2.26. The third kappa shape index (κ3) is 4.06. The molecule has 0 aliphatic carbocycles. The van der Waals surface area contributed by atoms with Gasteiger partial charge in [0.15, 0.2) is 0 Å². The maximum atomic E-state index is 12.7. The Kier molecular flexibility index (Phi) is 5.84. The van der Waals surface area contributed by atoms with Gasteiger partial charge in [0.25, 0.3) is 0 Å². The average Bonchev–Trinajstić information content (AvgIpc) is 2.92. The first-order valence-corrected chi connectivity index (χ1v) is 9.47. The minimum Gasteiger partial charge on any atom is -0.465 e. The lowest BCUT2D eigenvalue weighted by Gasteiger charge is -2.17. The summed E-state index contributed by atoms with van der Waals surface area (Å²) in [4.78, 5) is 11.8. The molecule has 0 atom stereocenters. The molecule has 0 amide bonds. The molecule has 8 heteroatoms. The predicted octanol–water partition coefficient (Wildman–Crippen LogP) is 3.35. The van der Waals surface area contributed by atoms with Crippen molar-refractivity contribution in [2.45, 2.75) is 25.3 Å². The van der Waals surface area contributed by atoms with Crippen molar-refractivity contribution >= 4 is 31.9 Å². The van der Waals surface area contributed by atoms with Crippen molar-refractivity contribution in [2.24, 2.45) is 0 Å². The van der Waals surface area contributed by atoms with Crippen LogP contribution in [-0.2, 0) is 21.3 Å². The van der Waals surface area contributed by atoms with Crippen molar-refractivity contribution in [2.75, 3.05) is 13.7 Å². The Hall–Kier alpha value is -1.64. The van der Waals surface area contributed by atoms with E-state index in [1.165, 1.54) is 29.6 Å². The number of carbonyl (C=O) groups is 1. The molecule has 0 spiro atoms. The number of furan rings is 1. The molecule has 0 fully saturated rings. The molecular weight excluding hydrogens is 398 g/mol. The Bertz CT molecular complexity index is 844. The summed E-state index contributed by atoms with van der Waals surface area (Å²) in [6.07, 6.45) is 0. The van der Waals surface area contributed by atoms with Gasteiger partial charge < -0.3 is 9.15 Å². The van der Waals surface area contributed by atoms with Gasteiger partial charge in [0.1, 0.15) is 11.5 Å². The molecule has 0 saturated carbocycles. The number of hydrogen-bond acceptors (Lipinski definition) is 5. The maximum absolute atomic E-state index is 12.7. The monoisotopic (exact) mass is 415 g/mol. The Morgan fingerprint density at radius 2 is 2.00 bits per heavy atom. The summed E-state index contributed by atoms with van der Waals surface area (Å²) in [5.74, 6) is 0.773. The predicted molar refractivity (Wildman–Crippen MR) is 92.2 cm³/mol. The highest BCUT2D eigenvalue weighted by Gasteiger charge is 2.25. The van der Waals surface area contributed by atoms with Gasteiger partial charge in [-0.1, -0.05) is 0 Å². The molecule has 0 aliphatic heterocycles. The lowest BCUT2D eigenvalue weighted by Crippen LogP contribution is -2.26. The lowest BCUT2D eigenvalue weighted by molar-refractivity contribution is 0.0526. The zero-order valence-electron chi connectivity index (χ0n) is 13.6. The Morgan fingerprint density at radius 3 is 2.54 bits per heavy atom. The molecule has 0 saturated heterocycles. The van der Waals surface area contributed by atoms with E-state index in [-0.39, 0.29) is 23.6 Å². The van der Waals surface area contributed by atoms with Crippen molar-refractivity contribution in [1.29, 1.82) is 0 Å². The van der Waals surface area contributed by atoms with Crippen LogP contribution in [0, 0.1) is 6.92 Å². The number of hydrogen-bond donors (Lipinski definition) is 0. The minimum atomic E-state index is -3.74. The quantitative estimate of drug-likeness (QED) is 0.675. The first kappa shape index (κ1) is 18.7. The number of rotatable bonds is 6. The molecule has 130 valence electrons. The molecular formula is C16H18BrNO5S. The molecule has 2 rings (SSSR count). The van der Waals surface area contributed by atoms with Gasteiger partial charge in [-0.3, -0.25) is 0 Å². The van der Waals surface area contributed by atoms with E-state index in [1.807, 2.05) is 0 Å². The third-order valence-electron chi connectivity index (χ3n) is 3.31. The summed E-state index contributed by atoms with van der Waals surface area (Å²) < 4.78 is 37.2. The topological polar surface area (TPSA) is 76.8 Å². The second kappa shape index (κ2) is 7.50. The highest BCUT2D eigenvalue weighted by molar-refractivity contribution is 9.10. The minimum absolute atomic E-state index is 0.0707. The van der Waals surface area contributed by atoms with E-state index in [1.54, 1.807) is 26.0 Å². The normalized spacial score (nSPS) is 11.7. The number of nitrogens with zero attached hydrogens (tertiary/aromatic N) is 1. The summed E-state index contributed by atoms with van der Waals surface area (Å²) in [7, 11) is -2.27. The lowest BCUT2D eigenvalue weighted by atomic mass is 10.2. The van der Waals surface area contributed by atoms with Crippen LogP contribution in [0.2, 0.25) is 0 Å². The van der Waals surface area contributed by atoms with Gasteiger partial charge in [0.2, 0.25) is 10.0 Å². The SMILES string of the molecule is CCOC(=O)c1ccc(S(=O)(=O)N(C)Cc2ccc(C)o2)c(Br)c1. The van der Waals surface area contributed by atoms with E-state index in [9.17, 15) is 13.2 Å². The van der Waals surface area contributed by atoms with E-state index in [2.05, 4.69) is 15.9 Å². The Labute approximate surface area is 149 Å². The average molecular weight is 416 g/mol. The highest BCUT2D eigenvalue weighted by atomic mass is 79.9.